The van der Waals surface area contributed by atoms with E-state index in [1.807, 2.05) is 25.1 Å². The first-order valence-electron chi connectivity index (χ1n) is 11.8. The first kappa shape index (κ1) is 23.0. The highest BCUT2D eigenvalue weighted by Gasteiger charge is 2.57. The number of imide groups is 1. The number of carbonyl (C=O) groups excluding carboxylic acids is 3. The first-order valence-corrected chi connectivity index (χ1v) is 11.8. The van der Waals surface area contributed by atoms with Crippen molar-refractivity contribution in [2.45, 2.75) is 78.1 Å². The standard InChI is InChI=1S/C26H35NO5/c1-17-10-21(23(29)27(15-17)24(30)32-25(2,3)4)22(28)19-11-26(12-19)13-20(14-26)31-16-18-8-6-5-7-9-18/h5-9,17,19-21H,10-16H2,1-4H3. The van der Waals surface area contributed by atoms with Crippen LogP contribution in [0.3, 0.4) is 0 Å². The summed E-state index contributed by atoms with van der Waals surface area (Å²) in [6.45, 7) is 8.23. The number of ether oxygens (including phenoxy) is 2. The van der Waals surface area contributed by atoms with Crippen molar-refractivity contribution in [2.75, 3.05) is 6.54 Å². The summed E-state index contributed by atoms with van der Waals surface area (Å²) in [5.74, 6) is -1.10. The van der Waals surface area contributed by atoms with Crippen LogP contribution in [0.5, 0.6) is 0 Å². The fraction of sp³-hybridized carbons (Fsp3) is 0.654. The molecule has 2 atom stereocenters. The number of benzene rings is 1. The summed E-state index contributed by atoms with van der Waals surface area (Å²) in [7, 11) is 0. The summed E-state index contributed by atoms with van der Waals surface area (Å²) < 4.78 is 11.4. The van der Waals surface area contributed by atoms with Crippen molar-refractivity contribution in [2.24, 2.45) is 23.2 Å². The van der Waals surface area contributed by atoms with E-state index >= 15 is 0 Å². The van der Waals surface area contributed by atoms with Crippen molar-refractivity contribution in [3.63, 3.8) is 0 Å². The lowest BCUT2D eigenvalue weighted by molar-refractivity contribution is -0.165. The van der Waals surface area contributed by atoms with E-state index < -0.39 is 17.6 Å². The van der Waals surface area contributed by atoms with Gasteiger partial charge in [0, 0.05) is 12.5 Å². The highest BCUT2D eigenvalue weighted by atomic mass is 16.6. The van der Waals surface area contributed by atoms with Gasteiger partial charge >= 0.3 is 6.09 Å². The predicted octanol–water partition coefficient (Wildman–Crippen LogP) is 4.75. The molecule has 174 valence electrons. The van der Waals surface area contributed by atoms with E-state index in [1.165, 1.54) is 5.56 Å². The molecule has 1 spiro atoms. The smallest absolute Gasteiger partial charge is 0.417 e. The molecule has 32 heavy (non-hydrogen) atoms. The fourth-order valence-corrected chi connectivity index (χ4v) is 5.50. The number of ketones is 1. The van der Waals surface area contributed by atoms with Crippen LogP contribution in [0.4, 0.5) is 4.79 Å². The third kappa shape index (κ3) is 4.90. The molecule has 6 nitrogen and oxygen atoms in total. The normalized spacial score (nSPS) is 32.2. The minimum Gasteiger partial charge on any atom is -0.443 e. The van der Waals surface area contributed by atoms with Crippen LogP contribution in [-0.4, -0.2) is 40.9 Å². The Morgan fingerprint density at radius 2 is 1.75 bits per heavy atom. The van der Waals surface area contributed by atoms with Crippen LogP contribution >= 0.6 is 0 Å². The van der Waals surface area contributed by atoms with Crippen molar-refractivity contribution in [1.82, 2.24) is 4.90 Å². The second-order valence-electron chi connectivity index (χ2n) is 11.2. The van der Waals surface area contributed by atoms with Gasteiger partial charge in [-0.1, -0.05) is 37.3 Å². The number of likely N-dealkylation sites (tertiary alicyclic amines) is 1. The lowest BCUT2D eigenvalue weighted by atomic mass is 9.49. The van der Waals surface area contributed by atoms with Crippen LogP contribution in [0.1, 0.15) is 65.4 Å². The first-order chi connectivity index (χ1) is 15.1. The zero-order chi connectivity index (χ0) is 23.1. The van der Waals surface area contributed by atoms with E-state index in [0.717, 1.165) is 30.6 Å². The lowest BCUT2D eigenvalue weighted by Gasteiger charge is -2.57. The molecular formula is C26H35NO5. The number of hydrogen-bond acceptors (Lipinski definition) is 5. The molecule has 0 N–H and O–H groups in total. The second kappa shape index (κ2) is 8.62. The zero-order valence-corrected chi connectivity index (χ0v) is 19.6. The number of nitrogens with zero attached hydrogens (tertiary/aromatic N) is 1. The van der Waals surface area contributed by atoms with Gasteiger partial charge in [0.05, 0.1) is 18.6 Å². The van der Waals surface area contributed by atoms with Crippen molar-refractivity contribution >= 4 is 17.8 Å². The number of Topliss-reactive ketones (excluding diaryl/α,β-unsaturated/α-hetero) is 1. The molecule has 3 aliphatic rings. The van der Waals surface area contributed by atoms with Crippen molar-refractivity contribution in [3.8, 4) is 0 Å². The Kier molecular flexibility index (Phi) is 6.19. The van der Waals surface area contributed by atoms with E-state index in [1.54, 1.807) is 20.8 Å². The van der Waals surface area contributed by atoms with Gasteiger partial charge in [-0.2, -0.15) is 0 Å². The zero-order valence-electron chi connectivity index (χ0n) is 19.6. The average Bonchev–Trinajstić information content (AvgIpc) is 2.66. The van der Waals surface area contributed by atoms with Crippen molar-refractivity contribution in [3.05, 3.63) is 35.9 Å². The van der Waals surface area contributed by atoms with Gasteiger partial charge in [-0.05, 0) is 69.8 Å². The van der Waals surface area contributed by atoms with E-state index in [0.29, 0.717) is 19.6 Å². The second-order valence-corrected chi connectivity index (χ2v) is 11.2. The number of rotatable bonds is 5. The van der Waals surface area contributed by atoms with E-state index in [2.05, 4.69) is 12.1 Å². The van der Waals surface area contributed by atoms with Gasteiger partial charge in [-0.15, -0.1) is 0 Å². The average molecular weight is 442 g/mol. The summed E-state index contributed by atoms with van der Waals surface area (Å²) in [5.41, 5.74) is 0.700. The molecule has 4 rings (SSSR count). The summed E-state index contributed by atoms with van der Waals surface area (Å²) in [5, 5.41) is 0. The maximum absolute atomic E-state index is 13.2. The fourth-order valence-electron chi connectivity index (χ4n) is 5.50. The third-order valence-corrected chi connectivity index (χ3v) is 7.06. The summed E-state index contributed by atoms with van der Waals surface area (Å²) >= 11 is 0. The molecule has 1 aromatic carbocycles. The topological polar surface area (TPSA) is 72.9 Å². The monoisotopic (exact) mass is 441 g/mol. The molecule has 2 aliphatic carbocycles. The van der Waals surface area contributed by atoms with Gasteiger partial charge in [-0.3, -0.25) is 9.59 Å². The minimum atomic E-state index is -0.723. The molecule has 2 unspecified atom stereocenters. The van der Waals surface area contributed by atoms with Gasteiger partial charge in [0.1, 0.15) is 11.4 Å². The highest BCUT2D eigenvalue weighted by Crippen LogP contribution is 2.60. The quantitative estimate of drug-likeness (QED) is 0.617. The predicted molar refractivity (Wildman–Crippen MR) is 120 cm³/mol. The Morgan fingerprint density at radius 1 is 1.09 bits per heavy atom. The minimum absolute atomic E-state index is 0.00869. The number of piperidine rings is 1. The van der Waals surface area contributed by atoms with Crippen LogP contribution in [0.25, 0.3) is 0 Å². The number of hydrogen-bond donors (Lipinski definition) is 0. The van der Waals surface area contributed by atoms with Crippen molar-refractivity contribution in [1.29, 1.82) is 0 Å². The Labute approximate surface area is 190 Å². The maximum Gasteiger partial charge on any atom is 0.417 e. The van der Waals surface area contributed by atoms with Crippen LogP contribution in [-0.2, 0) is 25.7 Å². The van der Waals surface area contributed by atoms with Crippen molar-refractivity contribution < 1.29 is 23.9 Å². The maximum atomic E-state index is 13.2. The molecule has 6 heteroatoms. The molecule has 1 saturated heterocycles. The van der Waals surface area contributed by atoms with E-state index in [-0.39, 0.29) is 35.0 Å². The lowest BCUT2D eigenvalue weighted by Crippen LogP contribution is -2.56. The molecule has 0 bridgehead atoms. The number of amides is 2. The van der Waals surface area contributed by atoms with Crippen LogP contribution in [0.2, 0.25) is 0 Å². The molecule has 2 saturated carbocycles. The SMILES string of the molecule is CC1CC(C(=O)C2CC3(CC(OCc4ccccc4)C3)C2)C(=O)N(C(=O)OC(C)(C)C)C1. The van der Waals surface area contributed by atoms with Gasteiger partial charge in [0.2, 0.25) is 5.91 Å². The molecule has 1 aliphatic heterocycles. The summed E-state index contributed by atoms with van der Waals surface area (Å²) in [6, 6.07) is 10.2. The highest BCUT2D eigenvalue weighted by molar-refractivity contribution is 6.07. The van der Waals surface area contributed by atoms with Crippen LogP contribution in [0.15, 0.2) is 30.3 Å². The van der Waals surface area contributed by atoms with Gasteiger partial charge < -0.3 is 9.47 Å². The number of carbonyl (C=O) groups is 3. The molecule has 2 amide bonds. The Hall–Kier alpha value is -2.21. The van der Waals surface area contributed by atoms with Crippen LogP contribution in [0, 0.1) is 23.2 Å². The molecule has 3 fully saturated rings. The summed E-state index contributed by atoms with van der Waals surface area (Å²) in [6.07, 6.45) is 3.78. The summed E-state index contributed by atoms with van der Waals surface area (Å²) in [4.78, 5) is 39.8. The van der Waals surface area contributed by atoms with E-state index in [9.17, 15) is 14.4 Å². The Bertz CT molecular complexity index is 860. The Balaban J connectivity index is 1.27. The van der Waals surface area contributed by atoms with E-state index in [4.69, 9.17) is 9.47 Å². The Morgan fingerprint density at radius 3 is 2.38 bits per heavy atom. The van der Waals surface area contributed by atoms with Gasteiger partial charge in [0.25, 0.3) is 0 Å². The molecule has 1 aromatic rings. The largest absolute Gasteiger partial charge is 0.443 e. The molecule has 1 heterocycles. The van der Waals surface area contributed by atoms with Gasteiger partial charge in [0.15, 0.2) is 0 Å². The molecule has 0 radical (unpaired) electrons. The third-order valence-electron chi connectivity index (χ3n) is 7.06. The van der Waals surface area contributed by atoms with Crippen LogP contribution < -0.4 is 0 Å². The molecular weight excluding hydrogens is 406 g/mol. The molecule has 0 aromatic heterocycles. The van der Waals surface area contributed by atoms with Gasteiger partial charge in [-0.25, -0.2) is 9.69 Å².